The number of hydrogen-bond donors (Lipinski definition) is 1. The molecule has 2 aromatic rings. The van der Waals surface area contributed by atoms with Crippen LogP contribution in [0.4, 0.5) is 0 Å². The molecule has 0 radical (unpaired) electrons. The molecule has 0 fully saturated rings. The Balaban J connectivity index is 2.09. The summed E-state index contributed by atoms with van der Waals surface area (Å²) in [6.07, 6.45) is -2.11. The van der Waals surface area contributed by atoms with Crippen molar-refractivity contribution >= 4 is 40.9 Å². The quantitative estimate of drug-likeness (QED) is 0.508. The number of rotatable bonds is 7. The third kappa shape index (κ3) is 5.10. The van der Waals surface area contributed by atoms with Gasteiger partial charge in [0, 0.05) is 10.7 Å². The lowest BCUT2D eigenvalue weighted by Gasteiger charge is -2.18. The molecule has 0 aliphatic heterocycles. The van der Waals surface area contributed by atoms with Gasteiger partial charge in [0.25, 0.3) is 0 Å². The number of benzene rings is 1. The van der Waals surface area contributed by atoms with E-state index in [9.17, 15) is 14.4 Å². The van der Waals surface area contributed by atoms with Gasteiger partial charge in [0.1, 0.15) is 5.75 Å². The van der Waals surface area contributed by atoms with Crippen LogP contribution in [0.2, 0.25) is 10.0 Å². The molecule has 7 nitrogen and oxygen atoms in total. The van der Waals surface area contributed by atoms with Crippen molar-refractivity contribution in [3.8, 4) is 5.75 Å². The van der Waals surface area contributed by atoms with E-state index >= 15 is 0 Å². The summed E-state index contributed by atoms with van der Waals surface area (Å²) in [6, 6.07) is 4.59. The first kappa shape index (κ1) is 22.8. The summed E-state index contributed by atoms with van der Waals surface area (Å²) in [7, 11) is 1.26. The molecule has 0 saturated heterocycles. The zero-order valence-electron chi connectivity index (χ0n) is 16.6. The van der Waals surface area contributed by atoms with Crippen LogP contribution in [0, 0.1) is 13.8 Å². The van der Waals surface area contributed by atoms with Gasteiger partial charge in [-0.15, -0.1) is 0 Å². The number of hydrogen-bond acceptors (Lipinski definition) is 6. The van der Waals surface area contributed by atoms with E-state index in [4.69, 9.17) is 37.4 Å². The summed E-state index contributed by atoms with van der Waals surface area (Å²) in [5.41, 5.74) is 1.38. The summed E-state index contributed by atoms with van der Waals surface area (Å²) in [6.45, 7) is 6.18. The first-order valence-corrected chi connectivity index (χ1v) is 9.46. The van der Waals surface area contributed by atoms with Crippen LogP contribution in [-0.2, 0) is 14.3 Å². The van der Waals surface area contributed by atoms with Crippen molar-refractivity contribution in [1.29, 1.82) is 0 Å². The smallest absolute Gasteiger partial charge is 0.347 e. The van der Waals surface area contributed by atoms with Crippen molar-refractivity contribution in [3.05, 3.63) is 50.8 Å². The molecule has 2 atom stereocenters. The normalized spacial score (nSPS) is 12.8. The lowest BCUT2D eigenvalue weighted by atomic mass is 10.1. The van der Waals surface area contributed by atoms with Gasteiger partial charge in [-0.05, 0) is 51.5 Å². The third-order valence-electron chi connectivity index (χ3n) is 4.27. The summed E-state index contributed by atoms with van der Waals surface area (Å²) in [4.78, 5) is 39.8. The predicted molar refractivity (Wildman–Crippen MR) is 108 cm³/mol. The van der Waals surface area contributed by atoms with Crippen LogP contribution < -0.4 is 4.74 Å². The molecule has 1 N–H and O–H groups in total. The summed E-state index contributed by atoms with van der Waals surface area (Å²) in [5, 5.41) is 0.675. The van der Waals surface area contributed by atoms with E-state index in [1.165, 1.54) is 33.1 Å². The molecule has 1 aromatic carbocycles. The molecular formula is C20H21Cl2NO6. The highest BCUT2D eigenvalue weighted by Gasteiger charge is 2.29. The minimum absolute atomic E-state index is 0.178. The standard InChI is InChI=1S/C20H21Cl2NO6/c1-9-16(20(26)27-5)10(2)23-17(9)18(24)11(3)29-19(25)12(4)28-15-7-6-13(21)8-14(15)22/h6-8,11-12,23H,1-5H3/t11-,12+/m0/s1. The van der Waals surface area contributed by atoms with Crippen LogP contribution in [0.15, 0.2) is 18.2 Å². The van der Waals surface area contributed by atoms with Crippen LogP contribution in [0.25, 0.3) is 0 Å². The van der Waals surface area contributed by atoms with Gasteiger partial charge < -0.3 is 19.2 Å². The van der Waals surface area contributed by atoms with Gasteiger partial charge in [-0.1, -0.05) is 23.2 Å². The first-order chi connectivity index (χ1) is 13.6. The summed E-state index contributed by atoms with van der Waals surface area (Å²) in [5.74, 6) is -1.52. The molecule has 29 heavy (non-hydrogen) atoms. The van der Waals surface area contributed by atoms with Crippen molar-refractivity contribution < 1.29 is 28.6 Å². The van der Waals surface area contributed by atoms with Crippen LogP contribution in [0.5, 0.6) is 5.75 Å². The molecule has 0 aliphatic rings. The maximum absolute atomic E-state index is 12.7. The van der Waals surface area contributed by atoms with Gasteiger partial charge in [0.15, 0.2) is 12.2 Å². The topological polar surface area (TPSA) is 94.7 Å². The molecular weight excluding hydrogens is 421 g/mol. The molecule has 0 amide bonds. The minimum atomic E-state index is -1.10. The fourth-order valence-corrected chi connectivity index (χ4v) is 3.19. The van der Waals surface area contributed by atoms with Crippen molar-refractivity contribution in [2.45, 2.75) is 39.9 Å². The van der Waals surface area contributed by atoms with Gasteiger partial charge in [-0.3, -0.25) is 4.79 Å². The van der Waals surface area contributed by atoms with Gasteiger partial charge in [-0.25, -0.2) is 9.59 Å². The third-order valence-corrected chi connectivity index (χ3v) is 4.80. The average molecular weight is 442 g/mol. The number of carbonyl (C=O) groups is 3. The molecule has 1 heterocycles. The van der Waals surface area contributed by atoms with E-state index < -0.39 is 29.9 Å². The summed E-state index contributed by atoms with van der Waals surface area (Å²) >= 11 is 11.9. The van der Waals surface area contributed by atoms with Crippen molar-refractivity contribution in [2.24, 2.45) is 0 Å². The monoisotopic (exact) mass is 441 g/mol. The van der Waals surface area contributed by atoms with E-state index in [1.807, 2.05) is 0 Å². The Bertz CT molecular complexity index is 953. The Morgan fingerprint density at radius 1 is 1.07 bits per heavy atom. The van der Waals surface area contributed by atoms with Gasteiger partial charge >= 0.3 is 11.9 Å². The maximum Gasteiger partial charge on any atom is 0.347 e. The van der Waals surface area contributed by atoms with E-state index in [2.05, 4.69) is 4.98 Å². The molecule has 0 aliphatic carbocycles. The number of H-pyrrole nitrogens is 1. The van der Waals surface area contributed by atoms with Crippen molar-refractivity contribution in [1.82, 2.24) is 4.98 Å². The second-order valence-corrected chi connectivity index (χ2v) is 7.24. The van der Waals surface area contributed by atoms with E-state index in [0.717, 1.165) is 0 Å². The van der Waals surface area contributed by atoms with Gasteiger partial charge in [0.2, 0.25) is 5.78 Å². The summed E-state index contributed by atoms with van der Waals surface area (Å²) < 4.78 is 15.5. The lowest BCUT2D eigenvalue weighted by molar-refractivity contribution is -0.153. The Labute approximate surface area is 178 Å². The minimum Gasteiger partial charge on any atom is -0.477 e. The number of esters is 2. The fraction of sp³-hybridized carbons (Fsp3) is 0.350. The van der Waals surface area contributed by atoms with Crippen LogP contribution >= 0.6 is 23.2 Å². The number of ether oxygens (including phenoxy) is 3. The van der Waals surface area contributed by atoms with Crippen molar-refractivity contribution in [2.75, 3.05) is 7.11 Å². The average Bonchev–Trinajstić information content (AvgIpc) is 2.96. The Hall–Kier alpha value is -2.51. The van der Waals surface area contributed by atoms with Crippen molar-refractivity contribution in [3.63, 3.8) is 0 Å². The molecule has 0 saturated carbocycles. The number of aromatic nitrogens is 1. The van der Waals surface area contributed by atoms with Crippen LogP contribution in [0.3, 0.4) is 0 Å². The Kier molecular flexibility index (Phi) is 7.32. The van der Waals surface area contributed by atoms with Crippen LogP contribution in [-0.4, -0.2) is 42.0 Å². The number of carbonyl (C=O) groups excluding carboxylic acids is 3. The highest BCUT2D eigenvalue weighted by Crippen LogP contribution is 2.28. The number of ketones is 1. The zero-order valence-corrected chi connectivity index (χ0v) is 18.1. The fourth-order valence-electron chi connectivity index (χ4n) is 2.74. The largest absolute Gasteiger partial charge is 0.477 e. The molecule has 0 spiro atoms. The van der Waals surface area contributed by atoms with E-state index in [0.29, 0.717) is 16.3 Å². The number of aromatic amines is 1. The number of Topliss-reactive ketones (excluding diaryl/α,β-unsaturated/α-hetero) is 1. The van der Waals surface area contributed by atoms with E-state index in [1.54, 1.807) is 19.9 Å². The lowest BCUT2D eigenvalue weighted by Crippen LogP contribution is -2.33. The number of aryl methyl sites for hydroxylation is 1. The molecule has 0 unspecified atom stereocenters. The molecule has 2 rings (SSSR count). The predicted octanol–water partition coefficient (Wildman–Crippen LogP) is 4.31. The number of halogens is 2. The SMILES string of the molecule is COC(=O)c1c(C)[nH]c(C(=O)[C@H](C)OC(=O)[C@@H](C)Oc2ccc(Cl)cc2Cl)c1C. The first-order valence-electron chi connectivity index (χ1n) is 8.70. The number of nitrogens with one attached hydrogen (secondary N) is 1. The Morgan fingerprint density at radius 2 is 1.72 bits per heavy atom. The highest BCUT2D eigenvalue weighted by atomic mass is 35.5. The van der Waals surface area contributed by atoms with Gasteiger partial charge in [0.05, 0.1) is 23.4 Å². The zero-order chi connectivity index (χ0) is 21.9. The highest BCUT2D eigenvalue weighted by molar-refractivity contribution is 6.35. The molecule has 156 valence electrons. The van der Waals surface area contributed by atoms with Gasteiger partial charge in [-0.2, -0.15) is 0 Å². The van der Waals surface area contributed by atoms with Crippen LogP contribution in [0.1, 0.15) is 46.0 Å². The second-order valence-electron chi connectivity index (χ2n) is 6.39. The Morgan fingerprint density at radius 3 is 2.31 bits per heavy atom. The maximum atomic E-state index is 12.7. The molecule has 0 bridgehead atoms. The number of methoxy groups -OCH3 is 1. The molecule has 9 heteroatoms. The molecule has 1 aromatic heterocycles. The second kappa shape index (κ2) is 9.33. The van der Waals surface area contributed by atoms with E-state index in [-0.39, 0.29) is 22.0 Å².